The van der Waals surface area contributed by atoms with E-state index in [1.807, 2.05) is 63.2 Å². The fourth-order valence-corrected chi connectivity index (χ4v) is 5.03. The first-order valence-corrected chi connectivity index (χ1v) is 14.7. The van der Waals surface area contributed by atoms with Crippen LogP contribution in [0.3, 0.4) is 0 Å². The molecule has 0 bridgehead atoms. The Labute approximate surface area is 243 Å². The van der Waals surface area contributed by atoms with Crippen LogP contribution in [-0.2, 0) is 22.4 Å². The van der Waals surface area contributed by atoms with Crippen LogP contribution in [0.5, 0.6) is 11.5 Å². The van der Waals surface area contributed by atoms with E-state index in [-0.39, 0.29) is 11.6 Å². The summed E-state index contributed by atoms with van der Waals surface area (Å²) in [7, 11) is -2.06. The highest BCUT2D eigenvalue weighted by Gasteiger charge is 2.43. The van der Waals surface area contributed by atoms with E-state index in [1.54, 1.807) is 12.2 Å². The Hall–Kier alpha value is -4.13. The number of rotatable bonds is 11. The van der Waals surface area contributed by atoms with E-state index in [9.17, 15) is 14.5 Å². The summed E-state index contributed by atoms with van der Waals surface area (Å²) in [5.74, 6) is 1.27. The minimum atomic E-state index is -2.06. The molecule has 3 aliphatic heterocycles. The predicted molar refractivity (Wildman–Crippen MR) is 162 cm³/mol. The lowest BCUT2D eigenvalue weighted by molar-refractivity contribution is -0.117. The molecule has 0 radical (unpaired) electrons. The van der Waals surface area contributed by atoms with Crippen molar-refractivity contribution in [2.45, 2.75) is 12.8 Å². The topological polar surface area (TPSA) is 81.9 Å². The highest BCUT2D eigenvalue weighted by molar-refractivity contribution is 7.41. The third kappa shape index (κ3) is 7.75. The maximum Gasteiger partial charge on any atom is 0.460 e. The van der Waals surface area contributed by atoms with Crippen molar-refractivity contribution >= 4 is 20.2 Å². The molecule has 0 amide bonds. The van der Waals surface area contributed by atoms with Gasteiger partial charge in [0.2, 0.25) is 11.6 Å². The number of carbonyl (C=O) groups excluding carboxylic acids is 2. The van der Waals surface area contributed by atoms with Crippen LogP contribution >= 0.6 is 8.60 Å². The van der Waals surface area contributed by atoms with Gasteiger partial charge in [-0.2, -0.15) is 0 Å². The molecule has 8 nitrogen and oxygen atoms in total. The Balaban J connectivity index is 0.000000182. The molecule has 4 aliphatic rings. The van der Waals surface area contributed by atoms with Crippen molar-refractivity contribution in [3.8, 4) is 11.5 Å². The van der Waals surface area contributed by atoms with E-state index >= 15 is 0 Å². The summed E-state index contributed by atoms with van der Waals surface area (Å²) in [5.41, 5.74) is 3.81. The lowest BCUT2D eigenvalue weighted by Gasteiger charge is -2.21. The fraction of sp³-hybridized carbons (Fsp3) is 0.250. The van der Waals surface area contributed by atoms with Gasteiger partial charge in [0, 0.05) is 45.3 Å². The Kier molecular flexibility index (Phi) is 10.2. The van der Waals surface area contributed by atoms with Crippen LogP contribution in [0.1, 0.15) is 11.1 Å². The largest absolute Gasteiger partial charge is 0.460 e. The number of carbonyl (C=O) groups is 2. The first-order chi connectivity index (χ1) is 20.0. The highest BCUT2D eigenvalue weighted by atomic mass is 31.2. The van der Waals surface area contributed by atoms with Crippen LogP contribution in [0.4, 0.5) is 0 Å². The van der Waals surface area contributed by atoms with E-state index < -0.39 is 8.60 Å². The molecule has 3 saturated heterocycles. The molecule has 2 aromatic rings. The maximum atomic E-state index is 12.4. The molecule has 1 aliphatic carbocycles. The van der Waals surface area contributed by atoms with E-state index in [0.29, 0.717) is 41.4 Å². The third-order valence-electron chi connectivity index (χ3n) is 6.51. The van der Waals surface area contributed by atoms with E-state index in [2.05, 4.69) is 26.3 Å². The van der Waals surface area contributed by atoms with Gasteiger partial charge in [-0.05, 0) is 36.1 Å². The molecule has 3 heterocycles. The van der Waals surface area contributed by atoms with Crippen LogP contribution < -0.4 is 9.05 Å². The zero-order valence-corrected chi connectivity index (χ0v) is 24.1. The Bertz CT molecular complexity index is 1300. The van der Waals surface area contributed by atoms with Crippen molar-refractivity contribution in [1.29, 1.82) is 0 Å². The monoisotopic (exact) mass is 573 g/mol. The summed E-state index contributed by atoms with van der Waals surface area (Å²) in [6, 6.07) is 15.1. The Morgan fingerprint density at radius 1 is 0.732 bits per heavy atom. The first-order valence-electron chi connectivity index (χ1n) is 13.5. The van der Waals surface area contributed by atoms with Gasteiger partial charge in [0.15, 0.2) is 0 Å². The second kappa shape index (κ2) is 14.0. The zero-order valence-electron chi connectivity index (χ0n) is 23.2. The second-order valence-electron chi connectivity index (χ2n) is 9.50. The van der Waals surface area contributed by atoms with Gasteiger partial charge < -0.3 is 28.6 Å². The Morgan fingerprint density at radius 2 is 1.17 bits per heavy atom. The summed E-state index contributed by atoms with van der Waals surface area (Å²) < 4.78 is 11.1. The number of hydrogen-bond acceptors (Lipinski definition) is 8. The van der Waals surface area contributed by atoms with Gasteiger partial charge in [-0.3, -0.25) is 9.59 Å². The predicted octanol–water partition coefficient (Wildman–Crippen LogP) is 4.80. The van der Waals surface area contributed by atoms with Gasteiger partial charge >= 0.3 is 8.60 Å². The molecule has 0 saturated carbocycles. The highest BCUT2D eigenvalue weighted by Crippen LogP contribution is 2.39. The van der Waals surface area contributed by atoms with Crippen molar-refractivity contribution < 1.29 is 23.5 Å². The van der Waals surface area contributed by atoms with Gasteiger partial charge in [0.25, 0.3) is 0 Å². The van der Waals surface area contributed by atoms with Gasteiger partial charge in [0.1, 0.15) is 22.9 Å². The molecule has 0 atom stereocenters. The van der Waals surface area contributed by atoms with Crippen molar-refractivity contribution in [2.24, 2.45) is 0 Å². The minimum Gasteiger partial charge on any atom is -0.418 e. The number of allylic oxidation sites excluding steroid dienone is 3. The number of ketones is 2. The maximum absolute atomic E-state index is 12.4. The van der Waals surface area contributed by atoms with E-state index in [4.69, 9.17) is 9.05 Å². The van der Waals surface area contributed by atoms with Crippen LogP contribution in [-0.4, -0.2) is 70.4 Å². The second-order valence-corrected chi connectivity index (χ2v) is 10.3. The van der Waals surface area contributed by atoms with Crippen LogP contribution in [0.2, 0.25) is 0 Å². The van der Waals surface area contributed by atoms with Crippen LogP contribution in [0.25, 0.3) is 0 Å². The number of hydrogen-bond donors (Lipinski definition) is 1. The molecular weight excluding hydrogens is 537 g/mol. The average molecular weight is 574 g/mol. The number of benzene rings is 2. The summed E-state index contributed by atoms with van der Waals surface area (Å²) in [6.07, 6.45) is 6.46. The summed E-state index contributed by atoms with van der Waals surface area (Å²) in [4.78, 5) is 40.6. The number of Topliss-reactive ketones (excluding diaryl/α,β-unsaturated/α-hetero) is 1. The summed E-state index contributed by atoms with van der Waals surface area (Å²) in [6.45, 7) is 18.9. The van der Waals surface area contributed by atoms with Gasteiger partial charge in [-0.25, -0.2) is 0 Å². The van der Waals surface area contributed by atoms with Gasteiger partial charge in [0.05, 0.1) is 5.70 Å². The average Bonchev–Trinajstić information content (AvgIpc) is 3.83. The fourth-order valence-electron chi connectivity index (χ4n) is 4.30. The smallest absolute Gasteiger partial charge is 0.418 e. The van der Waals surface area contributed by atoms with Crippen molar-refractivity contribution in [1.82, 2.24) is 14.7 Å². The number of para-hydroxylation sites is 2. The zero-order chi connectivity index (χ0) is 29.4. The first kappa shape index (κ1) is 29.8. The molecule has 2 aromatic carbocycles. The molecule has 6 rings (SSSR count). The third-order valence-corrected chi connectivity index (χ3v) is 7.22. The van der Waals surface area contributed by atoms with Gasteiger partial charge in [-0.1, -0.05) is 48.6 Å². The quantitative estimate of drug-likeness (QED) is 0.178. The molecule has 0 spiro atoms. The SMILES string of the molecule is C=C.C=CCc1ccccc1OP(O)Oc1ccccc1CC=C.O=C1C=C(N2CC2)C(=O)C(N2CC2)=C1N1CC1. The lowest BCUT2D eigenvalue weighted by atomic mass is 10.0. The molecule has 41 heavy (non-hydrogen) atoms. The standard InChI is InChI=1S/C18H19O3P.C12H13N3O2.C2H4/c1-3-9-15-11-5-7-13-17(15)20-22(19)21-18-14-8-6-12-16(18)10-4-2;16-9-7-8(13-1-2-13)12(17)11(15-5-6-15)10(9)14-3-4-14;1-2/h3-8,11-14,19H,1-2,9-10H2;7H,1-6H2;1-2H2. The van der Waals surface area contributed by atoms with E-state index in [1.165, 1.54) is 6.08 Å². The minimum absolute atomic E-state index is 0.00546. The molecular formula is C32H36N3O5P. The lowest BCUT2D eigenvalue weighted by Crippen LogP contribution is -2.29. The van der Waals surface area contributed by atoms with Gasteiger partial charge in [-0.15, -0.1) is 26.3 Å². The summed E-state index contributed by atoms with van der Waals surface area (Å²) in [5, 5.41) is 0. The van der Waals surface area contributed by atoms with Crippen LogP contribution in [0, 0.1) is 0 Å². The molecule has 0 unspecified atom stereocenters. The van der Waals surface area contributed by atoms with Crippen LogP contribution in [0.15, 0.2) is 110 Å². The van der Waals surface area contributed by atoms with Crippen molar-refractivity contribution in [2.75, 3.05) is 39.3 Å². The molecule has 214 valence electrons. The molecule has 3 fully saturated rings. The van der Waals surface area contributed by atoms with Crippen molar-refractivity contribution in [3.05, 3.63) is 121 Å². The molecule has 0 aromatic heterocycles. The Morgan fingerprint density at radius 3 is 1.61 bits per heavy atom. The summed E-state index contributed by atoms with van der Waals surface area (Å²) >= 11 is 0. The number of nitrogens with zero attached hydrogens (tertiary/aromatic N) is 3. The molecule has 9 heteroatoms. The van der Waals surface area contributed by atoms with E-state index in [0.717, 1.165) is 50.4 Å². The normalized spacial score (nSPS) is 16.6. The van der Waals surface area contributed by atoms with Crippen molar-refractivity contribution in [3.63, 3.8) is 0 Å². The molecule has 1 N–H and O–H groups in total.